The molecule has 0 saturated heterocycles. The Kier molecular flexibility index (Phi) is 2.53. The van der Waals surface area contributed by atoms with Gasteiger partial charge in [-0.1, -0.05) is 36.4 Å². The van der Waals surface area contributed by atoms with Crippen molar-refractivity contribution in [3.8, 4) is 11.1 Å². The van der Waals surface area contributed by atoms with E-state index in [1.54, 1.807) is 0 Å². The normalized spacial score (nSPS) is 12.6. The van der Waals surface area contributed by atoms with Crippen LogP contribution in [0.15, 0.2) is 36.4 Å². The molecule has 1 aliphatic carbocycles. The van der Waals surface area contributed by atoms with E-state index in [0.29, 0.717) is 0 Å². The van der Waals surface area contributed by atoms with Crippen molar-refractivity contribution in [2.24, 2.45) is 0 Å². The van der Waals surface area contributed by atoms with E-state index in [0.717, 1.165) is 6.42 Å². The first-order valence-corrected chi connectivity index (χ1v) is 7.70. The maximum absolute atomic E-state index is 2.32. The van der Waals surface area contributed by atoms with Gasteiger partial charge >= 0.3 is 0 Å². The molecule has 0 heterocycles. The number of rotatable bonds is 0. The van der Waals surface area contributed by atoms with Crippen LogP contribution in [0, 0.1) is 27.7 Å². The third-order valence-electron chi connectivity index (χ3n) is 5.36. The minimum atomic E-state index is 1.09. The molecule has 0 N–H and O–H groups in total. The molecule has 104 valence electrons. The van der Waals surface area contributed by atoms with Crippen LogP contribution in [-0.4, -0.2) is 0 Å². The van der Waals surface area contributed by atoms with Crippen LogP contribution in [-0.2, 0) is 6.42 Å². The van der Waals surface area contributed by atoms with Gasteiger partial charge in [-0.15, -0.1) is 0 Å². The molecule has 0 saturated carbocycles. The standard InChI is InChI=1S/C21H20/c1-12-9-10-16-11-19-15(4)14(3)17-7-5-6-8-18(17)21(19)20(16)13(12)2/h5-10H,11H2,1-4H3. The zero-order valence-electron chi connectivity index (χ0n) is 13.2. The molecule has 3 aromatic carbocycles. The summed E-state index contributed by atoms with van der Waals surface area (Å²) in [7, 11) is 0. The van der Waals surface area contributed by atoms with Gasteiger partial charge in [-0.2, -0.15) is 0 Å². The van der Waals surface area contributed by atoms with Crippen LogP contribution in [0.4, 0.5) is 0 Å². The highest BCUT2D eigenvalue weighted by Gasteiger charge is 2.25. The Morgan fingerprint density at radius 1 is 0.667 bits per heavy atom. The Morgan fingerprint density at radius 2 is 1.38 bits per heavy atom. The lowest BCUT2D eigenvalue weighted by Crippen LogP contribution is -1.93. The van der Waals surface area contributed by atoms with E-state index in [1.165, 1.54) is 55.3 Å². The van der Waals surface area contributed by atoms with Gasteiger partial charge < -0.3 is 0 Å². The fourth-order valence-corrected chi connectivity index (χ4v) is 3.87. The highest BCUT2D eigenvalue weighted by Crippen LogP contribution is 2.46. The Morgan fingerprint density at radius 3 is 2.14 bits per heavy atom. The topological polar surface area (TPSA) is 0 Å². The molecule has 21 heavy (non-hydrogen) atoms. The maximum Gasteiger partial charge on any atom is -0.00104 e. The molecule has 0 spiro atoms. The van der Waals surface area contributed by atoms with Crippen molar-refractivity contribution >= 4 is 10.8 Å². The van der Waals surface area contributed by atoms with Crippen LogP contribution in [0.25, 0.3) is 21.9 Å². The average Bonchev–Trinajstić information content (AvgIpc) is 2.89. The Labute approximate surface area is 126 Å². The molecule has 0 aromatic heterocycles. The van der Waals surface area contributed by atoms with Crippen molar-refractivity contribution in [2.45, 2.75) is 34.1 Å². The first kappa shape index (κ1) is 12.6. The summed E-state index contributed by atoms with van der Waals surface area (Å²) in [5.74, 6) is 0. The fourth-order valence-electron chi connectivity index (χ4n) is 3.87. The monoisotopic (exact) mass is 272 g/mol. The third kappa shape index (κ3) is 1.56. The number of hydrogen-bond acceptors (Lipinski definition) is 0. The van der Waals surface area contributed by atoms with Gasteiger partial charge in [-0.3, -0.25) is 0 Å². The predicted molar refractivity (Wildman–Crippen MR) is 91.1 cm³/mol. The number of fused-ring (bicyclic) bond motifs is 5. The van der Waals surface area contributed by atoms with Crippen LogP contribution in [0.5, 0.6) is 0 Å². The van der Waals surface area contributed by atoms with Gasteiger partial charge in [0, 0.05) is 0 Å². The molecule has 0 atom stereocenters. The summed E-state index contributed by atoms with van der Waals surface area (Å²) < 4.78 is 0. The van der Waals surface area contributed by atoms with Gasteiger partial charge in [-0.05, 0) is 89.4 Å². The van der Waals surface area contributed by atoms with Crippen molar-refractivity contribution in [3.63, 3.8) is 0 Å². The smallest absolute Gasteiger partial charge is 0.00104 e. The molecule has 0 nitrogen and oxygen atoms in total. The lowest BCUT2D eigenvalue weighted by molar-refractivity contribution is 1.19. The van der Waals surface area contributed by atoms with Crippen LogP contribution in [0.2, 0.25) is 0 Å². The second-order valence-corrected chi connectivity index (χ2v) is 6.37. The zero-order chi connectivity index (χ0) is 14.7. The van der Waals surface area contributed by atoms with E-state index in [1.807, 2.05) is 0 Å². The number of aryl methyl sites for hydroxylation is 2. The molecular formula is C21H20. The molecular weight excluding hydrogens is 252 g/mol. The minimum Gasteiger partial charge on any atom is -0.0616 e. The van der Waals surface area contributed by atoms with E-state index >= 15 is 0 Å². The molecule has 0 fully saturated rings. The summed E-state index contributed by atoms with van der Waals surface area (Å²) in [4.78, 5) is 0. The van der Waals surface area contributed by atoms with Gasteiger partial charge in [0.2, 0.25) is 0 Å². The van der Waals surface area contributed by atoms with E-state index in [2.05, 4.69) is 64.1 Å². The van der Waals surface area contributed by atoms with Crippen molar-refractivity contribution in [2.75, 3.05) is 0 Å². The van der Waals surface area contributed by atoms with Crippen LogP contribution in [0.1, 0.15) is 33.4 Å². The highest BCUT2D eigenvalue weighted by atomic mass is 14.3. The molecule has 0 amide bonds. The lowest BCUT2D eigenvalue weighted by Gasteiger charge is -2.15. The summed E-state index contributed by atoms with van der Waals surface area (Å²) >= 11 is 0. The minimum absolute atomic E-state index is 1.09. The first-order valence-electron chi connectivity index (χ1n) is 7.70. The van der Waals surface area contributed by atoms with E-state index in [-0.39, 0.29) is 0 Å². The SMILES string of the molecule is Cc1ccc2c(c1C)-c1c(c(C)c(C)c3ccccc13)C2. The third-order valence-corrected chi connectivity index (χ3v) is 5.36. The second kappa shape index (κ2) is 4.21. The highest BCUT2D eigenvalue weighted by molar-refractivity contribution is 6.04. The molecule has 0 aliphatic heterocycles. The van der Waals surface area contributed by atoms with E-state index in [4.69, 9.17) is 0 Å². The Bertz CT molecular complexity index is 898. The first-order chi connectivity index (χ1) is 10.1. The quantitative estimate of drug-likeness (QED) is 0.388. The van der Waals surface area contributed by atoms with Crippen LogP contribution in [0.3, 0.4) is 0 Å². The predicted octanol–water partition coefficient (Wildman–Crippen LogP) is 5.64. The van der Waals surface area contributed by atoms with Gasteiger partial charge in [0.1, 0.15) is 0 Å². The molecule has 0 unspecified atom stereocenters. The summed E-state index contributed by atoms with van der Waals surface area (Å²) in [5, 5.41) is 2.82. The number of benzene rings is 3. The van der Waals surface area contributed by atoms with Crippen LogP contribution >= 0.6 is 0 Å². The van der Waals surface area contributed by atoms with E-state index < -0.39 is 0 Å². The van der Waals surface area contributed by atoms with E-state index in [9.17, 15) is 0 Å². The van der Waals surface area contributed by atoms with Gasteiger partial charge in [0.25, 0.3) is 0 Å². The zero-order valence-corrected chi connectivity index (χ0v) is 13.2. The molecule has 3 aromatic rings. The lowest BCUT2D eigenvalue weighted by atomic mass is 9.89. The fraction of sp³-hybridized carbons (Fsp3) is 0.238. The van der Waals surface area contributed by atoms with Gasteiger partial charge in [-0.25, -0.2) is 0 Å². The van der Waals surface area contributed by atoms with Gasteiger partial charge in [0.15, 0.2) is 0 Å². The molecule has 4 rings (SSSR count). The average molecular weight is 272 g/mol. The summed E-state index contributed by atoms with van der Waals surface area (Å²) in [5.41, 5.74) is 11.8. The van der Waals surface area contributed by atoms with Crippen molar-refractivity contribution in [3.05, 3.63) is 69.8 Å². The van der Waals surface area contributed by atoms with Crippen molar-refractivity contribution in [1.82, 2.24) is 0 Å². The van der Waals surface area contributed by atoms with Gasteiger partial charge in [0.05, 0.1) is 0 Å². The summed E-state index contributed by atoms with van der Waals surface area (Å²) in [6.07, 6.45) is 1.09. The Hall–Kier alpha value is -2.08. The second-order valence-electron chi connectivity index (χ2n) is 6.37. The molecule has 0 heteroatoms. The summed E-state index contributed by atoms with van der Waals surface area (Å²) in [6, 6.07) is 13.5. The maximum atomic E-state index is 2.32. The summed E-state index contributed by atoms with van der Waals surface area (Å²) in [6.45, 7) is 9.04. The van der Waals surface area contributed by atoms with Crippen molar-refractivity contribution in [1.29, 1.82) is 0 Å². The molecule has 0 radical (unpaired) electrons. The molecule has 1 aliphatic rings. The largest absolute Gasteiger partial charge is 0.0616 e. The van der Waals surface area contributed by atoms with Crippen LogP contribution < -0.4 is 0 Å². The Balaban J connectivity index is 2.23. The molecule has 0 bridgehead atoms. The van der Waals surface area contributed by atoms with Crippen molar-refractivity contribution < 1.29 is 0 Å². The number of hydrogen-bond donors (Lipinski definition) is 0.